The van der Waals surface area contributed by atoms with E-state index in [1.54, 1.807) is 32.3 Å². The molecule has 168 valence electrons. The third kappa shape index (κ3) is 5.21. The maximum atomic E-state index is 12.6. The molecule has 1 aliphatic heterocycles. The molecule has 4 rings (SSSR count). The predicted octanol–water partition coefficient (Wildman–Crippen LogP) is 4.22. The number of carbonyl (C=O) groups excluding carboxylic acids is 2. The highest BCUT2D eigenvalue weighted by Crippen LogP contribution is 2.33. The van der Waals surface area contributed by atoms with Gasteiger partial charge >= 0.3 is 0 Å². The predicted molar refractivity (Wildman–Crippen MR) is 128 cm³/mol. The SMILES string of the molecule is Cc1cc(NC(=O)C(C)SCC(=O)Nc2ccc(N3CCCCC3)c3ccncc23)no1. The standard InChI is InChI=1S/C23H27N5O3S/c1-15-12-21(27-31-15)26-23(30)16(2)32-14-22(29)25-19-6-7-20(28-10-4-3-5-11-28)17-8-9-24-13-18(17)19/h6-9,12-13,16H,3-5,10-11,14H2,1-2H3,(H,25,29)(H,26,27,30). The molecular weight excluding hydrogens is 426 g/mol. The third-order valence-electron chi connectivity index (χ3n) is 5.48. The molecule has 2 amide bonds. The molecule has 1 unspecified atom stereocenters. The summed E-state index contributed by atoms with van der Waals surface area (Å²) in [5, 5.41) is 11.0. The van der Waals surface area contributed by atoms with Crippen LogP contribution in [-0.2, 0) is 9.59 Å². The number of hydrogen-bond donors (Lipinski definition) is 2. The molecule has 1 aliphatic rings. The number of thioether (sulfide) groups is 1. The summed E-state index contributed by atoms with van der Waals surface area (Å²) in [6, 6.07) is 7.67. The number of anilines is 3. The Morgan fingerprint density at radius 2 is 1.97 bits per heavy atom. The van der Waals surface area contributed by atoms with Gasteiger partial charge in [-0.2, -0.15) is 0 Å². The van der Waals surface area contributed by atoms with Crippen LogP contribution in [0.1, 0.15) is 31.9 Å². The number of nitrogens with zero attached hydrogens (tertiary/aromatic N) is 3. The zero-order valence-corrected chi connectivity index (χ0v) is 19.1. The maximum Gasteiger partial charge on any atom is 0.238 e. The summed E-state index contributed by atoms with van der Waals surface area (Å²) in [5.41, 5.74) is 1.91. The number of hydrogen-bond acceptors (Lipinski definition) is 7. The molecule has 9 heteroatoms. The van der Waals surface area contributed by atoms with Gasteiger partial charge in [0.1, 0.15) is 5.76 Å². The van der Waals surface area contributed by atoms with Gasteiger partial charge in [-0.25, -0.2) is 0 Å². The van der Waals surface area contributed by atoms with Crippen LogP contribution in [0.25, 0.3) is 10.8 Å². The van der Waals surface area contributed by atoms with Gasteiger partial charge in [0.2, 0.25) is 11.8 Å². The molecule has 32 heavy (non-hydrogen) atoms. The van der Waals surface area contributed by atoms with E-state index >= 15 is 0 Å². The van der Waals surface area contributed by atoms with Crippen molar-refractivity contribution in [2.24, 2.45) is 0 Å². The minimum Gasteiger partial charge on any atom is -0.371 e. The zero-order chi connectivity index (χ0) is 22.5. The smallest absolute Gasteiger partial charge is 0.238 e. The molecule has 2 aromatic heterocycles. The molecule has 1 saturated heterocycles. The van der Waals surface area contributed by atoms with Crippen LogP contribution in [0.2, 0.25) is 0 Å². The summed E-state index contributed by atoms with van der Waals surface area (Å²) < 4.78 is 4.95. The van der Waals surface area contributed by atoms with E-state index < -0.39 is 5.25 Å². The van der Waals surface area contributed by atoms with Crippen molar-refractivity contribution in [3.63, 3.8) is 0 Å². The molecule has 2 N–H and O–H groups in total. The lowest BCUT2D eigenvalue weighted by molar-refractivity contribution is -0.115. The summed E-state index contributed by atoms with van der Waals surface area (Å²) >= 11 is 1.26. The van der Waals surface area contributed by atoms with Gasteiger partial charge in [0, 0.05) is 48.0 Å². The van der Waals surface area contributed by atoms with E-state index in [0.29, 0.717) is 11.6 Å². The van der Waals surface area contributed by atoms with E-state index in [2.05, 4.69) is 31.7 Å². The Morgan fingerprint density at radius 1 is 1.16 bits per heavy atom. The van der Waals surface area contributed by atoms with Crippen LogP contribution in [0, 0.1) is 6.92 Å². The van der Waals surface area contributed by atoms with Crippen LogP contribution >= 0.6 is 11.8 Å². The van der Waals surface area contributed by atoms with E-state index in [4.69, 9.17) is 4.52 Å². The lowest BCUT2D eigenvalue weighted by Gasteiger charge is -2.30. The molecule has 0 radical (unpaired) electrons. The summed E-state index contributed by atoms with van der Waals surface area (Å²) in [4.78, 5) is 31.6. The quantitative estimate of drug-likeness (QED) is 0.552. The number of benzene rings is 1. The molecule has 3 heterocycles. The first-order valence-electron chi connectivity index (χ1n) is 10.8. The Hall–Kier alpha value is -3.07. The first-order chi connectivity index (χ1) is 15.5. The Balaban J connectivity index is 1.38. The highest BCUT2D eigenvalue weighted by molar-refractivity contribution is 8.01. The fraction of sp³-hybridized carbons (Fsp3) is 0.391. The number of rotatable bonds is 7. The number of fused-ring (bicyclic) bond motifs is 1. The fourth-order valence-electron chi connectivity index (χ4n) is 3.81. The fourth-order valence-corrected chi connectivity index (χ4v) is 4.49. The van der Waals surface area contributed by atoms with Gasteiger partial charge in [0.15, 0.2) is 5.82 Å². The lowest BCUT2D eigenvalue weighted by atomic mass is 10.1. The molecule has 1 fully saturated rings. The van der Waals surface area contributed by atoms with Crippen molar-refractivity contribution in [1.29, 1.82) is 0 Å². The number of aryl methyl sites for hydroxylation is 1. The maximum absolute atomic E-state index is 12.6. The second-order valence-electron chi connectivity index (χ2n) is 7.91. The number of amides is 2. The van der Waals surface area contributed by atoms with Gasteiger partial charge < -0.3 is 20.1 Å². The second kappa shape index (κ2) is 10.0. The Morgan fingerprint density at radius 3 is 2.72 bits per heavy atom. The summed E-state index contributed by atoms with van der Waals surface area (Å²) in [6.45, 7) is 5.61. The number of carbonyl (C=O) groups is 2. The van der Waals surface area contributed by atoms with E-state index in [1.807, 2.05) is 12.1 Å². The van der Waals surface area contributed by atoms with E-state index in [-0.39, 0.29) is 17.6 Å². The van der Waals surface area contributed by atoms with Crippen LogP contribution in [-0.4, -0.2) is 46.0 Å². The molecule has 1 atom stereocenters. The number of nitrogens with one attached hydrogen (secondary N) is 2. The Labute approximate surface area is 191 Å². The average Bonchev–Trinajstić information content (AvgIpc) is 3.22. The van der Waals surface area contributed by atoms with Gasteiger partial charge in [0.25, 0.3) is 0 Å². The molecule has 0 spiro atoms. The number of piperidine rings is 1. The summed E-state index contributed by atoms with van der Waals surface area (Å²) in [5.74, 6) is 0.756. The molecule has 0 bridgehead atoms. The normalized spacial score (nSPS) is 14.9. The first-order valence-corrected chi connectivity index (χ1v) is 11.8. The molecule has 8 nitrogen and oxygen atoms in total. The minimum atomic E-state index is -0.419. The van der Waals surface area contributed by atoms with Crippen LogP contribution < -0.4 is 15.5 Å². The van der Waals surface area contributed by atoms with Crippen LogP contribution in [0.15, 0.2) is 41.2 Å². The van der Waals surface area contributed by atoms with Crippen LogP contribution in [0.4, 0.5) is 17.2 Å². The molecule has 0 saturated carbocycles. The molecule has 1 aromatic carbocycles. The highest BCUT2D eigenvalue weighted by atomic mass is 32.2. The van der Waals surface area contributed by atoms with Crippen molar-refractivity contribution in [3.8, 4) is 0 Å². The van der Waals surface area contributed by atoms with Gasteiger partial charge in [0.05, 0.1) is 16.7 Å². The topological polar surface area (TPSA) is 100 Å². The number of aromatic nitrogens is 2. The molecular formula is C23H27N5O3S. The summed E-state index contributed by atoms with van der Waals surface area (Å²) in [7, 11) is 0. The monoisotopic (exact) mass is 453 g/mol. The number of pyridine rings is 1. The summed E-state index contributed by atoms with van der Waals surface area (Å²) in [6.07, 6.45) is 7.25. The van der Waals surface area contributed by atoms with E-state index in [1.165, 1.54) is 36.7 Å². The van der Waals surface area contributed by atoms with Crippen molar-refractivity contribution < 1.29 is 14.1 Å². The van der Waals surface area contributed by atoms with Gasteiger partial charge in [-0.15, -0.1) is 11.8 Å². The van der Waals surface area contributed by atoms with Gasteiger partial charge in [-0.05, 0) is 51.3 Å². The van der Waals surface area contributed by atoms with E-state index in [0.717, 1.165) is 29.5 Å². The minimum absolute atomic E-state index is 0.155. The molecule has 0 aliphatic carbocycles. The van der Waals surface area contributed by atoms with Crippen LogP contribution in [0.3, 0.4) is 0 Å². The van der Waals surface area contributed by atoms with Crippen molar-refractivity contribution >= 4 is 51.5 Å². The second-order valence-corrected chi connectivity index (χ2v) is 9.24. The van der Waals surface area contributed by atoms with Crippen molar-refractivity contribution in [2.45, 2.75) is 38.4 Å². The first kappa shape index (κ1) is 22.1. The Bertz CT molecular complexity index is 1110. The van der Waals surface area contributed by atoms with Gasteiger partial charge in [-0.1, -0.05) is 5.16 Å². The van der Waals surface area contributed by atoms with Crippen molar-refractivity contribution in [3.05, 3.63) is 42.4 Å². The Kier molecular flexibility index (Phi) is 6.94. The average molecular weight is 454 g/mol. The van der Waals surface area contributed by atoms with Crippen LogP contribution in [0.5, 0.6) is 0 Å². The zero-order valence-electron chi connectivity index (χ0n) is 18.3. The van der Waals surface area contributed by atoms with E-state index in [9.17, 15) is 9.59 Å². The molecule has 3 aromatic rings. The third-order valence-corrected chi connectivity index (χ3v) is 6.62. The highest BCUT2D eigenvalue weighted by Gasteiger charge is 2.19. The lowest BCUT2D eigenvalue weighted by Crippen LogP contribution is -2.29. The van der Waals surface area contributed by atoms with Crippen molar-refractivity contribution in [1.82, 2.24) is 10.1 Å². The van der Waals surface area contributed by atoms with Gasteiger partial charge in [-0.3, -0.25) is 14.6 Å². The largest absolute Gasteiger partial charge is 0.371 e. The van der Waals surface area contributed by atoms with Crippen molar-refractivity contribution in [2.75, 3.05) is 34.4 Å².